The van der Waals surface area contributed by atoms with E-state index in [9.17, 15) is 14.0 Å². The van der Waals surface area contributed by atoms with Crippen LogP contribution < -0.4 is 10.6 Å². The number of primary amides is 1. The largest absolute Gasteiger partial charge is 0.383 e. The van der Waals surface area contributed by atoms with Gasteiger partial charge in [-0.25, -0.2) is 9.37 Å². The number of methoxy groups -OCH3 is 1. The Balaban J connectivity index is 1.56. The SMILES string of the molecule is COCCN(CCC(=O)N1CCC(C(N)=O)CC1)c1nc(Cc2ccc(F)cc2)ns1. The van der Waals surface area contributed by atoms with E-state index in [1.807, 2.05) is 4.90 Å². The van der Waals surface area contributed by atoms with E-state index in [1.165, 1.54) is 23.7 Å². The van der Waals surface area contributed by atoms with Gasteiger partial charge >= 0.3 is 0 Å². The fourth-order valence-corrected chi connectivity index (χ4v) is 4.27. The van der Waals surface area contributed by atoms with Crippen molar-refractivity contribution in [2.75, 3.05) is 44.8 Å². The van der Waals surface area contributed by atoms with Gasteiger partial charge in [0.1, 0.15) is 11.6 Å². The number of rotatable bonds is 10. The first-order chi connectivity index (χ1) is 15.0. The smallest absolute Gasteiger partial charge is 0.224 e. The normalized spacial score (nSPS) is 14.6. The van der Waals surface area contributed by atoms with Gasteiger partial charge in [-0.2, -0.15) is 4.37 Å². The molecule has 3 rings (SSSR count). The van der Waals surface area contributed by atoms with Gasteiger partial charge in [0.15, 0.2) is 0 Å². The van der Waals surface area contributed by atoms with Gasteiger partial charge in [0.2, 0.25) is 16.9 Å². The van der Waals surface area contributed by atoms with E-state index < -0.39 is 0 Å². The molecule has 0 bridgehead atoms. The van der Waals surface area contributed by atoms with Crippen molar-refractivity contribution in [3.63, 3.8) is 0 Å². The van der Waals surface area contributed by atoms with Crippen LogP contribution in [-0.2, 0) is 20.7 Å². The molecule has 1 saturated heterocycles. The first kappa shape index (κ1) is 23.1. The van der Waals surface area contributed by atoms with Crippen LogP contribution in [0.2, 0.25) is 0 Å². The molecule has 168 valence electrons. The van der Waals surface area contributed by atoms with E-state index in [-0.39, 0.29) is 23.5 Å². The molecule has 10 heteroatoms. The lowest BCUT2D eigenvalue weighted by atomic mass is 9.96. The number of ether oxygens (including phenoxy) is 1. The Hall–Kier alpha value is -2.59. The number of piperidine rings is 1. The average molecular weight is 450 g/mol. The Kier molecular flexibility index (Phi) is 8.30. The first-order valence-corrected chi connectivity index (χ1v) is 11.1. The molecule has 1 aliphatic heterocycles. The number of nitrogens with zero attached hydrogens (tertiary/aromatic N) is 4. The molecule has 0 unspecified atom stereocenters. The first-order valence-electron chi connectivity index (χ1n) is 10.3. The van der Waals surface area contributed by atoms with Gasteiger partial charge in [0.05, 0.1) is 6.61 Å². The van der Waals surface area contributed by atoms with Gasteiger partial charge in [-0.1, -0.05) is 12.1 Å². The van der Waals surface area contributed by atoms with Crippen molar-refractivity contribution in [2.45, 2.75) is 25.7 Å². The van der Waals surface area contributed by atoms with Gasteiger partial charge in [-0.05, 0) is 30.5 Å². The number of hydrogen-bond acceptors (Lipinski definition) is 7. The number of halogens is 1. The summed E-state index contributed by atoms with van der Waals surface area (Å²) in [7, 11) is 1.63. The molecule has 31 heavy (non-hydrogen) atoms. The van der Waals surface area contributed by atoms with Crippen LogP contribution in [0.4, 0.5) is 9.52 Å². The Morgan fingerprint density at radius 3 is 2.61 bits per heavy atom. The zero-order chi connectivity index (χ0) is 22.2. The average Bonchev–Trinajstić information content (AvgIpc) is 3.23. The third-order valence-corrected chi connectivity index (χ3v) is 6.23. The second-order valence-corrected chi connectivity index (χ2v) is 8.31. The highest BCUT2D eigenvalue weighted by Crippen LogP contribution is 2.21. The molecule has 2 amide bonds. The Morgan fingerprint density at radius 1 is 1.26 bits per heavy atom. The summed E-state index contributed by atoms with van der Waals surface area (Å²) in [6, 6.07) is 6.29. The van der Waals surface area contributed by atoms with Crippen molar-refractivity contribution in [1.82, 2.24) is 14.3 Å². The third-order valence-electron chi connectivity index (χ3n) is 5.41. The zero-order valence-corrected chi connectivity index (χ0v) is 18.4. The molecule has 0 atom stereocenters. The van der Waals surface area contributed by atoms with Gasteiger partial charge in [-0.15, -0.1) is 0 Å². The third kappa shape index (κ3) is 6.70. The number of anilines is 1. The summed E-state index contributed by atoms with van der Waals surface area (Å²) in [5.41, 5.74) is 6.30. The number of aromatic nitrogens is 2. The number of carbonyl (C=O) groups excluding carboxylic acids is 2. The topological polar surface area (TPSA) is 102 Å². The van der Waals surface area contributed by atoms with Crippen LogP contribution in [0, 0.1) is 11.7 Å². The monoisotopic (exact) mass is 449 g/mol. The van der Waals surface area contributed by atoms with Crippen LogP contribution in [0.5, 0.6) is 0 Å². The molecule has 2 N–H and O–H groups in total. The highest BCUT2D eigenvalue weighted by atomic mass is 32.1. The highest BCUT2D eigenvalue weighted by molar-refractivity contribution is 7.09. The van der Waals surface area contributed by atoms with Crippen LogP contribution in [0.25, 0.3) is 0 Å². The number of likely N-dealkylation sites (tertiary alicyclic amines) is 1. The van der Waals surface area contributed by atoms with Crippen LogP contribution in [0.15, 0.2) is 24.3 Å². The summed E-state index contributed by atoms with van der Waals surface area (Å²) >= 11 is 1.28. The number of benzene rings is 1. The van der Waals surface area contributed by atoms with Crippen molar-refractivity contribution in [1.29, 1.82) is 0 Å². The number of carbonyl (C=O) groups is 2. The van der Waals surface area contributed by atoms with Crippen LogP contribution >= 0.6 is 11.5 Å². The molecule has 0 saturated carbocycles. The van der Waals surface area contributed by atoms with E-state index in [2.05, 4.69) is 9.36 Å². The van der Waals surface area contributed by atoms with Crippen LogP contribution in [-0.4, -0.2) is 66.0 Å². The lowest BCUT2D eigenvalue weighted by molar-refractivity contribution is -0.134. The van der Waals surface area contributed by atoms with E-state index in [1.54, 1.807) is 24.1 Å². The van der Waals surface area contributed by atoms with Crippen LogP contribution in [0.3, 0.4) is 0 Å². The Labute approximate surface area is 185 Å². The minimum absolute atomic E-state index is 0.0568. The van der Waals surface area contributed by atoms with Crippen molar-refractivity contribution in [3.8, 4) is 0 Å². The Bertz CT molecular complexity index is 868. The molecule has 0 radical (unpaired) electrons. The minimum Gasteiger partial charge on any atom is -0.383 e. The summed E-state index contributed by atoms with van der Waals surface area (Å²) in [6.45, 7) is 2.73. The van der Waals surface area contributed by atoms with Crippen molar-refractivity contribution in [2.24, 2.45) is 11.7 Å². The maximum atomic E-state index is 13.1. The van der Waals surface area contributed by atoms with E-state index in [0.717, 1.165) is 10.7 Å². The molecule has 0 aliphatic carbocycles. The quantitative estimate of drug-likeness (QED) is 0.594. The molecular weight excluding hydrogens is 421 g/mol. The highest BCUT2D eigenvalue weighted by Gasteiger charge is 2.26. The zero-order valence-electron chi connectivity index (χ0n) is 17.6. The molecule has 1 aliphatic rings. The van der Waals surface area contributed by atoms with E-state index in [0.29, 0.717) is 64.3 Å². The molecule has 0 spiro atoms. The second-order valence-electron chi connectivity index (χ2n) is 7.58. The predicted molar refractivity (Wildman–Crippen MR) is 116 cm³/mol. The maximum Gasteiger partial charge on any atom is 0.224 e. The molecule has 2 aromatic rings. The maximum absolute atomic E-state index is 13.1. The van der Waals surface area contributed by atoms with Crippen molar-refractivity contribution >= 4 is 28.5 Å². The van der Waals surface area contributed by atoms with Crippen LogP contribution in [0.1, 0.15) is 30.7 Å². The molecule has 1 aromatic heterocycles. The summed E-state index contributed by atoms with van der Waals surface area (Å²) in [5.74, 6) is 0.0222. The number of nitrogens with two attached hydrogens (primary N) is 1. The van der Waals surface area contributed by atoms with Crippen molar-refractivity contribution in [3.05, 3.63) is 41.5 Å². The Morgan fingerprint density at radius 2 is 1.97 bits per heavy atom. The summed E-state index contributed by atoms with van der Waals surface area (Å²) in [5, 5.41) is 0.731. The second kappa shape index (κ2) is 11.1. The van der Waals surface area contributed by atoms with Crippen molar-refractivity contribution < 1.29 is 18.7 Å². The molecule has 8 nitrogen and oxygen atoms in total. The lowest BCUT2D eigenvalue weighted by Crippen LogP contribution is -2.43. The van der Waals surface area contributed by atoms with Gasteiger partial charge in [0, 0.05) is 63.6 Å². The number of amides is 2. The molecule has 1 aromatic carbocycles. The number of hydrogen-bond donors (Lipinski definition) is 1. The summed E-state index contributed by atoms with van der Waals surface area (Å²) in [6.07, 6.45) is 2.11. The van der Waals surface area contributed by atoms with E-state index in [4.69, 9.17) is 10.5 Å². The summed E-state index contributed by atoms with van der Waals surface area (Å²) < 4.78 is 22.7. The molecule has 2 heterocycles. The van der Waals surface area contributed by atoms with E-state index >= 15 is 0 Å². The summed E-state index contributed by atoms with van der Waals surface area (Å²) in [4.78, 5) is 32.4. The van der Waals surface area contributed by atoms with Gasteiger partial charge in [0.25, 0.3) is 0 Å². The molecular formula is C21H28FN5O3S. The van der Waals surface area contributed by atoms with Gasteiger partial charge in [-0.3, -0.25) is 9.59 Å². The lowest BCUT2D eigenvalue weighted by Gasteiger charge is -2.31. The standard InChI is InChI=1S/C21H28FN5O3S/c1-30-13-12-27(11-8-19(28)26-9-6-16(7-10-26)20(23)29)21-24-18(25-31-21)14-15-2-4-17(22)5-3-15/h2-5,16H,6-14H2,1H3,(H2,23,29). The predicted octanol–water partition coefficient (Wildman–Crippen LogP) is 1.83. The fraction of sp³-hybridized carbons (Fsp3) is 0.524. The minimum atomic E-state index is -0.287. The van der Waals surface area contributed by atoms with Gasteiger partial charge < -0.3 is 20.3 Å². The fourth-order valence-electron chi connectivity index (χ4n) is 3.54. The molecule has 1 fully saturated rings.